The Kier molecular flexibility index (Phi) is 14.4. The van der Waals surface area contributed by atoms with E-state index in [9.17, 15) is 19.2 Å². The second-order valence-corrected chi connectivity index (χ2v) is 8.20. The van der Waals surface area contributed by atoms with Crippen LogP contribution >= 0.6 is 0 Å². The molecule has 0 bridgehead atoms. The lowest BCUT2D eigenvalue weighted by Crippen LogP contribution is -2.58. The average Bonchev–Trinajstić information content (AvgIpc) is 2.73. The van der Waals surface area contributed by atoms with Gasteiger partial charge in [0.25, 0.3) is 0 Å². The number of carbonyl (C=O) groups excluding carboxylic acids is 3. The maximum Gasteiger partial charge on any atom is 0.325 e. The Morgan fingerprint density at radius 2 is 1.52 bits per heavy atom. The summed E-state index contributed by atoms with van der Waals surface area (Å²) in [5.74, 6) is -3.28. The van der Waals surface area contributed by atoms with Crippen LogP contribution in [0.25, 0.3) is 0 Å². The van der Waals surface area contributed by atoms with Crippen molar-refractivity contribution in [2.45, 2.75) is 77.0 Å². The first-order valence-corrected chi connectivity index (χ1v) is 11.1. The van der Waals surface area contributed by atoms with Crippen LogP contribution in [0.4, 0.5) is 0 Å². The molecule has 4 atom stereocenters. The Balaban J connectivity index is 5.19. The second kappa shape index (κ2) is 15.8. The van der Waals surface area contributed by atoms with Gasteiger partial charge in [-0.3, -0.25) is 24.2 Å². The molecule has 0 rings (SSSR count). The Morgan fingerprint density at radius 3 is 2.03 bits per heavy atom. The number of nitrogens with two attached hydrogens (primary N) is 4. The number of hydrogen-bond donors (Lipinski definition) is 8. The molecule has 12 N–H and O–H groups in total. The van der Waals surface area contributed by atoms with Crippen molar-refractivity contribution < 1.29 is 24.3 Å². The normalized spacial score (nSPS) is 14.5. The van der Waals surface area contributed by atoms with Crippen LogP contribution < -0.4 is 38.9 Å². The van der Waals surface area contributed by atoms with Crippen LogP contribution in [0.2, 0.25) is 0 Å². The first kappa shape index (κ1) is 30.1. The van der Waals surface area contributed by atoms with E-state index >= 15 is 0 Å². The Labute approximate surface area is 194 Å². The van der Waals surface area contributed by atoms with E-state index in [2.05, 4.69) is 20.9 Å². The van der Waals surface area contributed by atoms with Crippen molar-refractivity contribution in [2.24, 2.45) is 33.8 Å². The van der Waals surface area contributed by atoms with E-state index in [-0.39, 0.29) is 11.9 Å². The van der Waals surface area contributed by atoms with Crippen molar-refractivity contribution in [3.8, 4) is 0 Å². The number of unbranched alkanes of at least 4 members (excludes halogenated alkanes) is 1. The van der Waals surface area contributed by atoms with Crippen molar-refractivity contribution in [3.63, 3.8) is 0 Å². The zero-order valence-electron chi connectivity index (χ0n) is 19.7. The molecule has 0 saturated carbocycles. The summed E-state index contributed by atoms with van der Waals surface area (Å²) in [7, 11) is 0. The highest BCUT2D eigenvalue weighted by atomic mass is 16.4. The van der Waals surface area contributed by atoms with Crippen molar-refractivity contribution >= 4 is 29.7 Å². The topological polar surface area (TPSA) is 241 Å². The van der Waals surface area contributed by atoms with E-state index in [1.807, 2.05) is 0 Å². The summed E-state index contributed by atoms with van der Waals surface area (Å²) >= 11 is 0. The van der Waals surface area contributed by atoms with E-state index < -0.39 is 47.9 Å². The quantitative estimate of drug-likeness (QED) is 0.0683. The number of aliphatic imine (C=N–C) groups is 1. The maximum atomic E-state index is 12.9. The second-order valence-electron chi connectivity index (χ2n) is 8.20. The smallest absolute Gasteiger partial charge is 0.325 e. The zero-order valence-corrected chi connectivity index (χ0v) is 19.7. The predicted octanol–water partition coefficient (Wildman–Crippen LogP) is -2.29. The summed E-state index contributed by atoms with van der Waals surface area (Å²) in [5.41, 5.74) is 22.0. The van der Waals surface area contributed by atoms with Crippen LogP contribution in [0, 0.1) is 5.92 Å². The molecule has 0 fully saturated rings. The van der Waals surface area contributed by atoms with Gasteiger partial charge < -0.3 is 44.0 Å². The van der Waals surface area contributed by atoms with Crippen LogP contribution in [-0.4, -0.2) is 72.0 Å². The molecule has 0 aromatic carbocycles. The van der Waals surface area contributed by atoms with Crippen LogP contribution in [0.1, 0.15) is 52.9 Å². The van der Waals surface area contributed by atoms with Gasteiger partial charge in [-0.25, -0.2) is 0 Å². The number of carbonyl (C=O) groups is 4. The van der Waals surface area contributed by atoms with Gasteiger partial charge in [0.2, 0.25) is 17.7 Å². The van der Waals surface area contributed by atoms with Crippen LogP contribution in [-0.2, 0) is 19.2 Å². The largest absolute Gasteiger partial charge is 0.480 e. The lowest BCUT2D eigenvalue weighted by atomic mass is 10.0. The number of amides is 3. The lowest BCUT2D eigenvalue weighted by Gasteiger charge is -2.26. The summed E-state index contributed by atoms with van der Waals surface area (Å²) in [4.78, 5) is 52.8. The summed E-state index contributed by atoms with van der Waals surface area (Å²) < 4.78 is 0. The summed E-state index contributed by atoms with van der Waals surface area (Å²) in [6, 6.07) is -3.91. The van der Waals surface area contributed by atoms with Gasteiger partial charge in [-0.2, -0.15) is 0 Å². The van der Waals surface area contributed by atoms with Crippen LogP contribution in [0.5, 0.6) is 0 Å². The molecule has 0 heterocycles. The summed E-state index contributed by atoms with van der Waals surface area (Å²) in [6.45, 7) is 5.50. The fraction of sp³-hybridized carbons (Fsp3) is 0.750. The minimum absolute atomic E-state index is 0.0499. The molecular weight excluding hydrogens is 432 g/mol. The molecular formula is C20H40N8O5. The number of nitrogens with one attached hydrogen (secondary N) is 3. The molecule has 3 amide bonds. The van der Waals surface area contributed by atoms with E-state index in [1.165, 1.54) is 6.92 Å². The van der Waals surface area contributed by atoms with Gasteiger partial charge >= 0.3 is 5.97 Å². The van der Waals surface area contributed by atoms with Gasteiger partial charge in [-0.1, -0.05) is 13.8 Å². The third-order valence-corrected chi connectivity index (χ3v) is 4.86. The number of carboxylic acid groups (broad SMARTS) is 1. The third kappa shape index (κ3) is 12.6. The molecule has 13 nitrogen and oxygen atoms in total. The van der Waals surface area contributed by atoms with Gasteiger partial charge in [-0.15, -0.1) is 0 Å². The van der Waals surface area contributed by atoms with Gasteiger partial charge in [0.1, 0.15) is 18.1 Å². The van der Waals surface area contributed by atoms with Gasteiger partial charge in [0.15, 0.2) is 5.96 Å². The zero-order chi connectivity index (χ0) is 25.6. The number of hydrogen-bond acceptors (Lipinski definition) is 7. The van der Waals surface area contributed by atoms with Gasteiger partial charge in [0, 0.05) is 6.54 Å². The van der Waals surface area contributed by atoms with Crippen LogP contribution in [0.3, 0.4) is 0 Å². The molecule has 33 heavy (non-hydrogen) atoms. The highest BCUT2D eigenvalue weighted by Gasteiger charge is 2.30. The summed E-state index contributed by atoms with van der Waals surface area (Å²) in [5, 5.41) is 16.6. The Bertz CT molecular complexity index is 681. The van der Waals surface area contributed by atoms with Crippen LogP contribution in [0.15, 0.2) is 4.99 Å². The van der Waals surface area contributed by atoms with Crippen molar-refractivity contribution in [1.82, 2.24) is 16.0 Å². The number of rotatable bonds is 16. The average molecular weight is 473 g/mol. The molecule has 0 radical (unpaired) electrons. The molecule has 13 heteroatoms. The lowest BCUT2D eigenvalue weighted by molar-refractivity contribution is -0.142. The highest BCUT2D eigenvalue weighted by molar-refractivity contribution is 5.94. The molecule has 0 aliphatic carbocycles. The SMILES string of the molecule is CC(C)[C@H](NC(=O)[C@H](CCCCN)NC(=O)[C@@H](N)CCCN=C(N)N)C(=O)N[C@@H](C)C(=O)O. The first-order valence-electron chi connectivity index (χ1n) is 11.1. The molecule has 0 aromatic heterocycles. The Morgan fingerprint density at radius 1 is 0.879 bits per heavy atom. The van der Waals surface area contributed by atoms with E-state index in [0.29, 0.717) is 45.2 Å². The molecule has 0 spiro atoms. The van der Waals surface area contributed by atoms with Crippen molar-refractivity contribution in [3.05, 3.63) is 0 Å². The first-order chi connectivity index (χ1) is 15.4. The minimum Gasteiger partial charge on any atom is -0.480 e. The van der Waals surface area contributed by atoms with Crippen molar-refractivity contribution in [2.75, 3.05) is 13.1 Å². The molecule has 0 saturated heterocycles. The fourth-order valence-electron chi connectivity index (χ4n) is 2.84. The number of guanidine groups is 1. The monoisotopic (exact) mass is 472 g/mol. The predicted molar refractivity (Wildman–Crippen MR) is 125 cm³/mol. The van der Waals surface area contributed by atoms with E-state index in [4.69, 9.17) is 28.0 Å². The maximum absolute atomic E-state index is 12.9. The minimum atomic E-state index is -1.20. The fourth-order valence-corrected chi connectivity index (χ4v) is 2.84. The number of aliphatic carboxylic acids is 1. The molecule has 190 valence electrons. The molecule has 0 aromatic rings. The molecule has 0 aliphatic rings. The number of carboxylic acids is 1. The highest BCUT2D eigenvalue weighted by Crippen LogP contribution is 2.07. The van der Waals surface area contributed by atoms with E-state index in [1.54, 1.807) is 13.8 Å². The van der Waals surface area contributed by atoms with Gasteiger partial charge in [-0.05, 0) is 51.5 Å². The van der Waals surface area contributed by atoms with E-state index in [0.717, 1.165) is 0 Å². The summed E-state index contributed by atoms with van der Waals surface area (Å²) in [6.07, 6.45) is 2.31. The van der Waals surface area contributed by atoms with Crippen molar-refractivity contribution in [1.29, 1.82) is 0 Å². The molecule has 0 aliphatic heterocycles. The van der Waals surface area contributed by atoms with Gasteiger partial charge in [0.05, 0.1) is 6.04 Å². The third-order valence-electron chi connectivity index (χ3n) is 4.86. The number of nitrogens with zero attached hydrogens (tertiary/aromatic N) is 1. The Hall–Kier alpha value is -2.93. The standard InChI is InChI=1S/C20H40N8O5/c1-11(2)15(18(31)26-12(3)19(32)33)28-17(30)14(8-4-5-9-21)27-16(29)13(22)7-6-10-25-20(23)24/h11-15H,4-10,21-22H2,1-3H3,(H,26,31)(H,27,29)(H,28,30)(H,32,33)(H4,23,24,25)/t12-,13-,14-,15-/m0/s1. The molecule has 0 unspecified atom stereocenters.